The van der Waals surface area contributed by atoms with Crippen LogP contribution in [-0.4, -0.2) is 22.0 Å². The van der Waals surface area contributed by atoms with E-state index in [1.54, 1.807) is 25.1 Å². The van der Waals surface area contributed by atoms with Crippen LogP contribution in [0.2, 0.25) is 10.0 Å². The van der Waals surface area contributed by atoms with Crippen molar-refractivity contribution in [2.45, 2.75) is 20.0 Å². The average molecular weight is 440 g/mol. The van der Waals surface area contributed by atoms with E-state index in [1.165, 1.54) is 0 Å². The Morgan fingerprint density at radius 1 is 1.10 bits per heavy atom. The number of rotatable bonds is 5. The second kappa shape index (κ2) is 8.38. The highest BCUT2D eigenvalue weighted by atomic mass is 35.5. The number of carbonyl (C=O) groups excluding carboxylic acids is 1. The number of ether oxygens (including phenoxy) is 1. The van der Waals surface area contributed by atoms with E-state index in [9.17, 15) is 4.79 Å². The van der Waals surface area contributed by atoms with Gasteiger partial charge in [-0.05, 0) is 55.8 Å². The van der Waals surface area contributed by atoms with Gasteiger partial charge in [-0.25, -0.2) is 4.98 Å². The van der Waals surface area contributed by atoms with Crippen LogP contribution >= 0.6 is 23.2 Å². The van der Waals surface area contributed by atoms with Crippen LogP contribution in [0.15, 0.2) is 60.7 Å². The van der Waals surface area contributed by atoms with Crippen LogP contribution in [-0.2, 0) is 4.79 Å². The maximum absolute atomic E-state index is 12.7. The van der Waals surface area contributed by atoms with Crippen molar-refractivity contribution < 1.29 is 9.53 Å². The quantitative estimate of drug-likeness (QED) is 0.386. The Hall–Kier alpha value is -3.02. The maximum Gasteiger partial charge on any atom is 0.265 e. The summed E-state index contributed by atoms with van der Waals surface area (Å²) in [7, 11) is 0. The molecule has 0 unspecified atom stereocenters. The molecule has 0 aliphatic carbocycles. The molecule has 7 heteroatoms. The summed E-state index contributed by atoms with van der Waals surface area (Å²) in [5.41, 5.74) is 4.35. The molecule has 0 aliphatic rings. The molecule has 2 N–H and O–H groups in total. The number of hydrogen-bond donors (Lipinski definition) is 2. The highest BCUT2D eigenvalue weighted by Crippen LogP contribution is 2.29. The summed E-state index contributed by atoms with van der Waals surface area (Å²) in [5.74, 6) is 0.853. The highest BCUT2D eigenvalue weighted by molar-refractivity contribution is 6.35. The van der Waals surface area contributed by atoms with E-state index in [4.69, 9.17) is 27.9 Å². The minimum atomic E-state index is -0.752. The van der Waals surface area contributed by atoms with E-state index >= 15 is 0 Å². The molecule has 4 rings (SSSR count). The van der Waals surface area contributed by atoms with Crippen LogP contribution in [0.5, 0.6) is 5.75 Å². The van der Waals surface area contributed by atoms with Gasteiger partial charge < -0.3 is 15.0 Å². The number of para-hydroxylation sites is 2. The zero-order valence-electron chi connectivity index (χ0n) is 16.4. The second-order valence-corrected chi connectivity index (χ2v) is 7.80. The molecule has 0 saturated carbocycles. The molecule has 1 amide bonds. The Labute approximate surface area is 184 Å². The van der Waals surface area contributed by atoms with Crippen LogP contribution < -0.4 is 10.1 Å². The van der Waals surface area contributed by atoms with Crippen molar-refractivity contribution in [3.05, 3.63) is 76.3 Å². The van der Waals surface area contributed by atoms with E-state index in [0.29, 0.717) is 21.5 Å². The molecule has 1 aromatic heterocycles. The molecule has 30 heavy (non-hydrogen) atoms. The van der Waals surface area contributed by atoms with Gasteiger partial charge in [0.1, 0.15) is 11.6 Å². The van der Waals surface area contributed by atoms with Gasteiger partial charge >= 0.3 is 0 Å². The number of amides is 1. The lowest BCUT2D eigenvalue weighted by molar-refractivity contribution is -0.122. The van der Waals surface area contributed by atoms with Crippen molar-refractivity contribution >= 4 is 45.8 Å². The number of nitrogens with zero attached hydrogens (tertiary/aromatic N) is 1. The van der Waals surface area contributed by atoms with Gasteiger partial charge in [0.05, 0.1) is 16.1 Å². The Kier molecular flexibility index (Phi) is 5.66. The SMILES string of the molecule is Cc1ccc(-c2nc3ccccc3[nH]2)cc1NC(=O)[C@@H](C)Oc1ccc(Cl)cc1Cl. The topological polar surface area (TPSA) is 67.0 Å². The Morgan fingerprint density at radius 3 is 2.67 bits per heavy atom. The number of nitrogens with one attached hydrogen (secondary N) is 2. The molecular weight excluding hydrogens is 421 g/mol. The summed E-state index contributed by atoms with van der Waals surface area (Å²) in [4.78, 5) is 20.6. The molecule has 0 spiro atoms. The molecule has 4 aromatic rings. The van der Waals surface area contributed by atoms with Gasteiger partial charge in [-0.3, -0.25) is 4.79 Å². The van der Waals surface area contributed by atoms with Gasteiger partial charge in [-0.1, -0.05) is 47.5 Å². The summed E-state index contributed by atoms with van der Waals surface area (Å²) in [6, 6.07) is 18.5. The van der Waals surface area contributed by atoms with Crippen molar-refractivity contribution in [3.63, 3.8) is 0 Å². The number of halogens is 2. The molecule has 0 fully saturated rings. The molecule has 0 saturated heterocycles. The smallest absolute Gasteiger partial charge is 0.265 e. The number of aromatic amines is 1. The van der Waals surface area contributed by atoms with E-state index < -0.39 is 6.10 Å². The fourth-order valence-electron chi connectivity index (χ4n) is 3.04. The molecule has 5 nitrogen and oxygen atoms in total. The van der Waals surface area contributed by atoms with Crippen molar-refractivity contribution in [2.75, 3.05) is 5.32 Å². The average Bonchev–Trinajstić information content (AvgIpc) is 3.16. The summed E-state index contributed by atoms with van der Waals surface area (Å²) in [6.07, 6.45) is -0.752. The van der Waals surface area contributed by atoms with E-state index in [2.05, 4.69) is 15.3 Å². The lowest BCUT2D eigenvalue weighted by Crippen LogP contribution is -2.30. The molecule has 152 valence electrons. The van der Waals surface area contributed by atoms with Crippen LogP contribution in [0.25, 0.3) is 22.4 Å². The number of hydrogen-bond acceptors (Lipinski definition) is 3. The molecule has 0 radical (unpaired) electrons. The molecular formula is C23H19Cl2N3O2. The number of anilines is 1. The van der Waals surface area contributed by atoms with Gasteiger partial charge in [0.15, 0.2) is 6.10 Å². The van der Waals surface area contributed by atoms with E-state index in [1.807, 2.05) is 49.4 Å². The fourth-order valence-corrected chi connectivity index (χ4v) is 3.50. The molecule has 1 heterocycles. The Bertz CT molecular complexity index is 1200. The summed E-state index contributed by atoms with van der Waals surface area (Å²) < 4.78 is 5.71. The van der Waals surface area contributed by atoms with Gasteiger partial charge in [-0.15, -0.1) is 0 Å². The Balaban J connectivity index is 1.53. The largest absolute Gasteiger partial charge is 0.479 e. The van der Waals surface area contributed by atoms with Gasteiger partial charge in [0.25, 0.3) is 5.91 Å². The maximum atomic E-state index is 12.7. The number of fused-ring (bicyclic) bond motifs is 1. The molecule has 1 atom stereocenters. The molecule has 0 bridgehead atoms. The van der Waals surface area contributed by atoms with Crippen molar-refractivity contribution in [1.29, 1.82) is 0 Å². The number of carbonyl (C=O) groups is 1. The number of H-pyrrole nitrogens is 1. The highest BCUT2D eigenvalue weighted by Gasteiger charge is 2.18. The van der Waals surface area contributed by atoms with Crippen LogP contribution in [0.1, 0.15) is 12.5 Å². The van der Waals surface area contributed by atoms with Crippen molar-refractivity contribution in [1.82, 2.24) is 9.97 Å². The third-order valence-electron chi connectivity index (χ3n) is 4.73. The number of aryl methyl sites for hydroxylation is 1. The summed E-state index contributed by atoms with van der Waals surface area (Å²) >= 11 is 12.0. The van der Waals surface area contributed by atoms with Crippen molar-refractivity contribution in [2.24, 2.45) is 0 Å². The summed E-state index contributed by atoms with van der Waals surface area (Å²) in [5, 5.41) is 3.78. The third-order valence-corrected chi connectivity index (χ3v) is 5.26. The van der Waals surface area contributed by atoms with Crippen LogP contribution in [0.3, 0.4) is 0 Å². The number of imidazole rings is 1. The second-order valence-electron chi connectivity index (χ2n) is 6.96. The first-order valence-electron chi connectivity index (χ1n) is 9.39. The first-order valence-corrected chi connectivity index (χ1v) is 10.1. The van der Waals surface area contributed by atoms with Crippen LogP contribution in [0.4, 0.5) is 5.69 Å². The number of benzene rings is 3. The normalized spacial score (nSPS) is 12.0. The number of aromatic nitrogens is 2. The van der Waals surface area contributed by atoms with Gasteiger partial charge in [0.2, 0.25) is 0 Å². The third kappa shape index (κ3) is 4.27. The standard InChI is InChI=1S/C23H19Cl2N3O2/c1-13-7-8-15(22-26-18-5-3-4-6-19(18)27-22)11-20(13)28-23(29)14(2)30-21-10-9-16(24)12-17(21)25/h3-12,14H,1-2H3,(H,26,27)(H,28,29)/t14-/m1/s1. The molecule has 0 aliphatic heterocycles. The minimum absolute atomic E-state index is 0.286. The first-order chi connectivity index (χ1) is 14.4. The zero-order valence-corrected chi connectivity index (χ0v) is 17.9. The minimum Gasteiger partial charge on any atom is -0.479 e. The van der Waals surface area contributed by atoms with Gasteiger partial charge in [-0.2, -0.15) is 0 Å². The lowest BCUT2D eigenvalue weighted by atomic mass is 10.1. The lowest BCUT2D eigenvalue weighted by Gasteiger charge is -2.17. The van der Waals surface area contributed by atoms with E-state index in [-0.39, 0.29) is 5.91 Å². The molecule has 3 aromatic carbocycles. The first kappa shape index (κ1) is 20.3. The fraction of sp³-hybridized carbons (Fsp3) is 0.130. The predicted molar refractivity (Wildman–Crippen MR) is 121 cm³/mol. The monoisotopic (exact) mass is 439 g/mol. The van der Waals surface area contributed by atoms with Gasteiger partial charge in [0, 0.05) is 16.3 Å². The summed E-state index contributed by atoms with van der Waals surface area (Å²) in [6.45, 7) is 3.60. The predicted octanol–water partition coefficient (Wildman–Crippen LogP) is 6.25. The van der Waals surface area contributed by atoms with Crippen molar-refractivity contribution in [3.8, 4) is 17.1 Å². The Morgan fingerprint density at radius 2 is 1.90 bits per heavy atom. The van der Waals surface area contributed by atoms with E-state index in [0.717, 1.165) is 28.0 Å². The zero-order chi connectivity index (χ0) is 21.3. The van der Waals surface area contributed by atoms with Crippen LogP contribution in [0, 0.1) is 6.92 Å².